The zero-order chi connectivity index (χ0) is 19.1. The van der Waals surface area contributed by atoms with Gasteiger partial charge in [0.15, 0.2) is 0 Å². The molecule has 2 aromatic carbocycles. The number of aryl methyl sites for hydroxylation is 2. The predicted octanol–water partition coefficient (Wildman–Crippen LogP) is 4.09. The minimum Gasteiger partial charge on any atom is -0.508 e. The molecule has 6 heteroatoms. The summed E-state index contributed by atoms with van der Waals surface area (Å²) < 4.78 is 2.10. The second-order valence-electron chi connectivity index (χ2n) is 6.64. The highest BCUT2D eigenvalue weighted by molar-refractivity contribution is 7.80. The highest BCUT2D eigenvalue weighted by atomic mass is 32.1. The van der Waals surface area contributed by atoms with Gasteiger partial charge in [0, 0.05) is 24.4 Å². The molecular formula is C21H21N3O2S. The van der Waals surface area contributed by atoms with Crippen LogP contribution in [0.4, 0.5) is 0 Å². The molecule has 0 bridgehead atoms. The van der Waals surface area contributed by atoms with E-state index >= 15 is 0 Å². The molecule has 1 unspecified atom stereocenters. The number of fused-ring (bicyclic) bond motifs is 1. The standard InChI is InChI=1S/C21H21N3O2S/c1-3-12-8-14(18(26)9-17(12)25)15-10-22-21(27)19(15)13-6-5-7-16-20(13)23-11-24(16)4-2/h5-11,19,25-26H,3-4H2,1-2H3,(H,22,27). The van der Waals surface area contributed by atoms with Gasteiger partial charge in [0.1, 0.15) is 11.5 Å². The molecule has 0 saturated heterocycles. The summed E-state index contributed by atoms with van der Waals surface area (Å²) in [6, 6.07) is 9.34. The van der Waals surface area contributed by atoms with Crippen molar-refractivity contribution in [2.24, 2.45) is 0 Å². The van der Waals surface area contributed by atoms with Gasteiger partial charge in [-0.15, -0.1) is 0 Å². The Labute approximate surface area is 163 Å². The van der Waals surface area contributed by atoms with Crippen LogP contribution in [0.25, 0.3) is 16.6 Å². The van der Waals surface area contributed by atoms with Crippen molar-refractivity contribution < 1.29 is 10.2 Å². The smallest absolute Gasteiger partial charge is 0.126 e. The number of para-hydroxylation sites is 1. The summed E-state index contributed by atoms with van der Waals surface area (Å²) in [4.78, 5) is 5.29. The lowest BCUT2D eigenvalue weighted by Gasteiger charge is -2.18. The Bertz CT molecular complexity index is 1080. The van der Waals surface area contributed by atoms with Crippen molar-refractivity contribution in [2.75, 3.05) is 0 Å². The first-order valence-electron chi connectivity index (χ1n) is 9.04. The lowest BCUT2D eigenvalue weighted by Crippen LogP contribution is -2.16. The summed E-state index contributed by atoms with van der Waals surface area (Å²) in [7, 11) is 0. The van der Waals surface area contributed by atoms with Gasteiger partial charge in [-0.3, -0.25) is 0 Å². The number of thiocarbonyl (C=S) groups is 1. The number of hydrogen-bond donors (Lipinski definition) is 3. The second kappa shape index (κ2) is 6.70. The van der Waals surface area contributed by atoms with Crippen LogP contribution in [-0.2, 0) is 13.0 Å². The predicted molar refractivity (Wildman–Crippen MR) is 111 cm³/mol. The van der Waals surface area contributed by atoms with E-state index in [2.05, 4.69) is 27.9 Å². The maximum Gasteiger partial charge on any atom is 0.126 e. The molecule has 2 heterocycles. The molecule has 0 fully saturated rings. The lowest BCUT2D eigenvalue weighted by molar-refractivity contribution is 0.445. The monoisotopic (exact) mass is 379 g/mol. The van der Waals surface area contributed by atoms with Gasteiger partial charge in [-0.25, -0.2) is 4.98 Å². The number of imidazole rings is 1. The van der Waals surface area contributed by atoms with Crippen molar-refractivity contribution >= 4 is 33.8 Å². The summed E-state index contributed by atoms with van der Waals surface area (Å²) >= 11 is 5.60. The van der Waals surface area contributed by atoms with Gasteiger partial charge in [0.05, 0.1) is 28.3 Å². The van der Waals surface area contributed by atoms with Gasteiger partial charge in [-0.1, -0.05) is 31.3 Å². The molecule has 3 N–H and O–H groups in total. The van der Waals surface area contributed by atoms with Gasteiger partial charge < -0.3 is 20.1 Å². The molecule has 0 saturated carbocycles. The number of hydrogen-bond acceptors (Lipinski definition) is 4. The van der Waals surface area contributed by atoms with E-state index in [-0.39, 0.29) is 17.4 Å². The van der Waals surface area contributed by atoms with Crippen LogP contribution < -0.4 is 5.32 Å². The highest BCUT2D eigenvalue weighted by Gasteiger charge is 2.31. The largest absolute Gasteiger partial charge is 0.508 e. The van der Waals surface area contributed by atoms with Crippen LogP contribution in [0.2, 0.25) is 0 Å². The molecule has 0 radical (unpaired) electrons. The van der Waals surface area contributed by atoms with Crippen molar-refractivity contribution in [2.45, 2.75) is 32.7 Å². The van der Waals surface area contributed by atoms with E-state index < -0.39 is 0 Å². The Morgan fingerprint density at radius 2 is 2.00 bits per heavy atom. The zero-order valence-corrected chi connectivity index (χ0v) is 16.0. The van der Waals surface area contributed by atoms with Crippen LogP contribution in [0.3, 0.4) is 0 Å². The maximum absolute atomic E-state index is 10.5. The Balaban J connectivity index is 1.88. The van der Waals surface area contributed by atoms with Gasteiger partial charge >= 0.3 is 0 Å². The van der Waals surface area contributed by atoms with Gasteiger partial charge in [0.25, 0.3) is 0 Å². The van der Waals surface area contributed by atoms with Crippen LogP contribution in [0.15, 0.2) is 42.9 Å². The Morgan fingerprint density at radius 3 is 2.74 bits per heavy atom. The zero-order valence-electron chi connectivity index (χ0n) is 15.2. The van der Waals surface area contributed by atoms with Crippen LogP contribution in [-0.4, -0.2) is 24.8 Å². The molecule has 3 aromatic rings. The first-order valence-corrected chi connectivity index (χ1v) is 9.45. The molecule has 1 aliphatic rings. The molecule has 5 nitrogen and oxygen atoms in total. The fourth-order valence-electron chi connectivity index (χ4n) is 3.73. The van der Waals surface area contributed by atoms with E-state index in [1.165, 1.54) is 6.07 Å². The fraction of sp³-hybridized carbons (Fsp3) is 0.238. The summed E-state index contributed by atoms with van der Waals surface area (Å²) in [5.41, 5.74) is 5.32. The van der Waals surface area contributed by atoms with Gasteiger partial charge in [-0.2, -0.15) is 0 Å². The topological polar surface area (TPSA) is 70.3 Å². The first-order chi connectivity index (χ1) is 13.0. The summed E-state index contributed by atoms with van der Waals surface area (Å²) in [6.07, 6.45) is 4.36. The number of rotatable bonds is 4. The number of benzene rings is 2. The Morgan fingerprint density at radius 1 is 1.19 bits per heavy atom. The van der Waals surface area contributed by atoms with Crippen LogP contribution in [0.5, 0.6) is 11.5 Å². The van der Waals surface area contributed by atoms with Crippen molar-refractivity contribution in [1.82, 2.24) is 14.9 Å². The number of phenolic OH excluding ortho intramolecular Hbond substituents is 2. The summed E-state index contributed by atoms with van der Waals surface area (Å²) in [6.45, 7) is 4.90. The van der Waals surface area contributed by atoms with Crippen molar-refractivity contribution in [1.29, 1.82) is 0 Å². The number of nitrogens with zero attached hydrogens (tertiary/aromatic N) is 2. The minimum atomic E-state index is -0.205. The maximum atomic E-state index is 10.5. The number of aromatic hydroxyl groups is 2. The average molecular weight is 379 g/mol. The first kappa shape index (κ1) is 17.5. The van der Waals surface area contributed by atoms with Crippen molar-refractivity contribution in [3.63, 3.8) is 0 Å². The number of phenols is 2. The molecule has 138 valence electrons. The number of aromatic nitrogens is 2. The third-order valence-electron chi connectivity index (χ3n) is 5.17. The van der Waals surface area contributed by atoms with Crippen LogP contribution in [0, 0.1) is 0 Å². The highest BCUT2D eigenvalue weighted by Crippen LogP contribution is 2.43. The molecule has 0 aliphatic carbocycles. The van der Waals surface area contributed by atoms with E-state index in [1.54, 1.807) is 0 Å². The van der Waals surface area contributed by atoms with E-state index in [0.717, 1.165) is 34.3 Å². The van der Waals surface area contributed by atoms with Gasteiger partial charge in [-0.05, 0) is 42.2 Å². The molecule has 27 heavy (non-hydrogen) atoms. The van der Waals surface area contributed by atoms with E-state index in [4.69, 9.17) is 12.2 Å². The summed E-state index contributed by atoms with van der Waals surface area (Å²) in [5.74, 6) is -0.0593. The molecule has 1 aliphatic heterocycles. The third kappa shape index (κ3) is 2.77. The second-order valence-corrected chi connectivity index (χ2v) is 7.08. The fourth-order valence-corrected chi connectivity index (χ4v) is 4.04. The van der Waals surface area contributed by atoms with Crippen molar-refractivity contribution in [3.8, 4) is 11.5 Å². The third-order valence-corrected chi connectivity index (χ3v) is 5.52. The molecule has 1 atom stereocenters. The molecular weight excluding hydrogens is 358 g/mol. The SMILES string of the molecule is CCc1cc(C2=CNC(=S)C2c2cccc3c2ncn3CC)c(O)cc1O. The molecule has 1 aromatic heterocycles. The average Bonchev–Trinajstić information content (AvgIpc) is 3.25. The molecule has 0 spiro atoms. The normalized spacial score (nSPS) is 16.6. The lowest BCUT2D eigenvalue weighted by atomic mass is 9.87. The van der Waals surface area contributed by atoms with Crippen LogP contribution in [0.1, 0.15) is 36.5 Å². The van der Waals surface area contributed by atoms with Gasteiger partial charge in [0.2, 0.25) is 0 Å². The van der Waals surface area contributed by atoms with E-state index in [9.17, 15) is 10.2 Å². The van der Waals surface area contributed by atoms with Crippen molar-refractivity contribution in [3.05, 3.63) is 59.5 Å². The number of nitrogens with one attached hydrogen (secondary N) is 1. The quantitative estimate of drug-likeness (QED) is 0.596. The molecule has 0 amide bonds. The Hall–Kier alpha value is -2.86. The minimum absolute atomic E-state index is 0.0405. The van der Waals surface area contributed by atoms with E-state index in [1.807, 2.05) is 37.7 Å². The van der Waals surface area contributed by atoms with E-state index in [0.29, 0.717) is 17.0 Å². The van der Waals surface area contributed by atoms with Crippen LogP contribution >= 0.6 is 12.2 Å². The summed E-state index contributed by atoms with van der Waals surface area (Å²) in [5, 5.41) is 23.7. The molecule has 4 rings (SSSR count). The Kier molecular flexibility index (Phi) is 4.36.